The van der Waals surface area contributed by atoms with Crippen molar-refractivity contribution in [3.8, 4) is 5.75 Å². The summed E-state index contributed by atoms with van der Waals surface area (Å²) in [7, 11) is 0. The number of nitrogens with one attached hydrogen (secondary N) is 1. The quantitative estimate of drug-likeness (QED) is 0.896. The van der Waals surface area contributed by atoms with E-state index in [1.165, 1.54) is 16.7 Å². The molecule has 0 spiro atoms. The number of aliphatic hydroxyl groups is 1. The van der Waals surface area contributed by atoms with Gasteiger partial charge in [-0.2, -0.15) is 0 Å². The second kappa shape index (κ2) is 7.20. The predicted molar refractivity (Wildman–Crippen MR) is 91.0 cm³/mol. The molecule has 0 aromatic heterocycles. The smallest absolute Gasteiger partial charge is 0.124 e. The summed E-state index contributed by atoms with van der Waals surface area (Å²) in [4.78, 5) is 0. The summed E-state index contributed by atoms with van der Waals surface area (Å²) < 4.78 is 11.4. The molecule has 3 rings (SSSR count). The Bertz CT molecular complexity index is 538. The van der Waals surface area contributed by atoms with E-state index in [1.54, 1.807) is 0 Å². The van der Waals surface area contributed by atoms with Crippen LogP contribution in [0, 0.1) is 19.3 Å². The van der Waals surface area contributed by atoms with Crippen molar-refractivity contribution in [3.05, 3.63) is 28.8 Å². The number of fused-ring (bicyclic) bond motifs is 1. The van der Waals surface area contributed by atoms with E-state index in [9.17, 15) is 5.11 Å². The van der Waals surface area contributed by atoms with E-state index in [-0.39, 0.29) is 12.0 Å². The molecule has 1 atom stereocenters. The molecule has 2 aliphatic heterocycles. The lowest BCUT2D eigenvalue weighted by Crippen LogP contribution is -2.43. The second-order valence-corrected chi connectivity index (χ2v) is 7.17. The number of benzene rings is 1. The van der Waals surface area contributed by atoms with Gasteiger partial charge in [0.25, 0.3) is 0 Å². The molecule has 0 amide bonds. The Morgan fingerprint density at radius 2 is 1.91 bits per heavy atom. The van der Waals surface area contributed by atoms with E-state index in [0.717, 1.165) is 57.8 Å². The molecular formula is C19H29NO3. The van der Waals surface area contributed by atoms with E-state index < -0.39 is 0 Å². The van der Waals surface area contributed by atoms with Crippen molar-refractivity contribution in [3.63, 3.8) is 0 Å². The van der Waals surface area contributed by atoms with Crippen LogP contribution in [0.5, 0.6) is 5.75 Å². The first-order chi connectivity index (χ1) is 11.1. The molecule has 4 nitrogen and oxygen atoms in total. The average Bonchev–Trinajstić information content (AvgIpc) is 2.76. The van der Waals surface area contributed by atoms with Crippen molar-refractivity contribution in [2.45, 2.75) is 45.6 Å². The van der Waals surface area contributed by atoms with Crippen LogP contribution in [0.15, 0.2) is 12.1 Å². The predicted octanol–water partition coefficient (Wildman–Crippen LogP) is 2.90. The van der Waals surface area contributed by atoms with E-state index in [1.807, 2.05) is 0 Å². The van der Waals surface area contributed by atoms with Crippen LogP contribution in [-0.4, -0.2) is 38.1 Å². The summed E-state index contributed by atoms with van der Waals surface area (Å²) in [6.07, 6.45) is 3.99. The minimum atomic E-state index is -0.0364. The molecule has 23 heavy (non-hydrogen) atoms. The Hall–Kier alpha value is -1.10. The van der Waals surface area contributed by atoms with Gasteiger partial charge in [-0.05, 0) is 56.7 Å². The molecule has 2 heterocycles. The van der Waals surface area contributed by atoms with Crippen molar-refractivity contribution in [1.82, 2.24) is 5.32 Å². The first-order valence-corrected chi connectivity index (χ1v) is 8.79. The minimum Gasteiger partial charge on any atom is -0.493 e. The van der Waals surface area contributed by atoms with Gasteiger partial charge in [-0.25, -0.2) is 0 Å². The minimum absolute atomic E-state index is 0.0364. The summed E-state index contributed by atoms with van der Waals surface area (Å²) in [6.45, 7) is 7.65. The van der Waals surface area contributed by atoms with Crippen molar-refractivity contribution in [2.75, 3.05) is 33.0 Å². The number of ether oxygens (including phenoxy) is 2. The van der Waals surface area contributed by atoms with Crippen LogP contribution < -0.4 is 10.1 Å². The van der Waals surface area contributed by atoms with Crippen molar-refractivity contribution < 1.29 is 14.6 Å². The van der Waals surface area contributed by atoms with Crippen LogP contribution in [0.3, 0.4) is 0 Å². The van der Waals surface area contributed by atoms with Gasteiger partial charge in [-0.15, -0.1) is 0 Å². The standard InChI is InChI=1S/C19H29NO3/c1-14-10-16-17(4-3-7-23-18(16)11-15(14)2)20-12-19(13-21)5-8-22-9-6-19/h10-11,17,20-21H,3-9,12-13H2,1-2H3. The lowest BCUT2D eigenvalue weighted by molar-refractivity contribution is -0.0166. The highest BCUT2D eigenvalue weighted by Crippen LogP contribution is 2.35. The molecule has 1 saturated heterocycles. The zero-order valence-corrected chi connectivity index (χ0v) is 14.4. The number of hydrogen-bond donors (Lipinski definition) is 2. The fraction of sp³-hybridized carbons (Fsp3) is 0.684. The summed E-state index contributed by atoms with van der Waals surface area (Å²) in [5.41, 5.74) is 3.82. The fourth-order valence-electron chi connectivity index (χ4n) is 3.58. The molecule has 1 unspecified atom stereocenters. The molecule has 2 N–H and O–H groups in total. The summed E-state index contributed by atoms with van der Waals surface area (Å²) in [5.74, 6) is 1.02. The highest BCUT2D eigenvalue weighted by Gasteiger charge is 2.33. The van der Waals surface area contributed by atoms with Crippen molar-refractivity contribution in [1.29, 1.82) is 0 Å². The van der Waals surface area contributed by atoms with E-state index >= 15 is 0 Å². The lowest BCUT2D eigenvalue weighted by atomic mass is 9.80. The van der Waals surface area contributed by atoms with E-state index in [4.69, 9.17) is 9.47 Å². The molecule has 128 valence electrons. The van der Waals surface area contributed by atoms with Crippen molar-refractivity contribution in [2.24, 2.45) is 5.41 Å². The van der Waals surface area contributed by atoms with Gasteiger partial charge in [0.1, 0.15) is 5.75 Å². The molecular weight excluding hydrogens is 290 g/mol. The highest BCUT2D eigenvalue weighted by molar-refractivity contribution is 5.44. The average molecular weight is 319 g/mol. The Kier molecular flexibility index (Phi) is 5.24. The highest BCUT2D eigenvalue weighted by atomic mass is 16.5. The zero-order valence-electron chi connectivity index (χ0n) is 14.4. The van der Waals surface area contributed by atoms with Gasteiger partial charge in [-0.3, -0.25) is 0 Å². The van der Waals surface area contributed by atoms with Gasteiger partial charge in [0.05, 0.1) is 13.2 Å². The SMILES string of the molecule is Cc1cc2c(cc1C)C(NCC1(CO)CCOCC1)CCCO2. The molecule has 4 heteroatoms. The van der Waals surface area contributed by atoms with E-state index in [2.05, 4.69) is 31.3 Å². The monoisotopic (exact) mass is 319 g/mol. The van der Waals surface area contributed by atoms with Gasteiger partial charge < -0.3 is 19.9 Å². The Morgan fingerprint density at radius 3 is 2.65 bits per heavy atom. The van der Waals surface area contributed by atoms with Crippen LogP contribution in [-0.2, 0) is 4.74 Å². The topological polar surface area (TPSA) is 50.7 Å². The molecule has 0 bridgehead atoms. The lowest BCUT2D eigenvalue weighted by Gasteiger charge is -2.37. The molecule has 2 aliphatic rings. The molecule has 1 aromatic carbocycles. The maximum absolute atomic E-state index is 9.88. The van der Waals surface area contributed by atoms with Crippen LogP contribution >= 0.6 is 0 Å². The Labute approximate surface area is 139 Å². The summed E-state index contributed by atoms with van der Waals surface area (Å²) in [6, 6.07) is 4.74. The Balaban J connectivity index is 1.76. The Morgan fingerprint density at radius 1 is 1.17 bits per heavy atom. The van der Waals surface area contributed by atoms with Gasteiger partial charge in [0.15, 0.2) is 0 Å². The first-order valence-electron chi connectivity index (χ1n) is 8.79. The van der Waals surface area contributed by atoms with Gasteiger partial charge in [-0.1, -0.05) is 6.07 Å². The number of aliphatic hydroxyl groups excluding tert-OH is 1. The number of aryl methyl sites for hydroxylation is 2. The fourth-order valence-corrected chi connectivity index (χ4v) is 3.58. The molecule has 0 saturated carbocycles. The normalized spacial score (nSPS) is 23.7. The summed E-state index contributed by atoms with van der Waals surface area (Å²) in [5, 5.41) is 13.6. The molecule has 0 radical (unpaired) electrons. The van der Waals surface area contributed by atoms with Crippen LogP contribution in [0.25, 0.3) is 0 Å². The van der Waals surface area contributed by atoms with Gasteiger partial charge in [0.2, 0.25) is 0 Å². The third kappa shape index (κ3) is 3.70. The molecule has 1 aromatic rings. The second-order valence-electron chi connectivity index (χ2n) is 7.17. The van der Waals surface area contributed by atoms with Crippen molar-refractivity contribution >= 4 is 0 Å². The molecule has 0 aliphatic carbocycles. The van der Waals surface area contributed by atoms with Crippen LogP contribution in [0.1, 0.15) is 48.4 Å². The van der Waals surface area contributed by atoms with Gasteiger partial charge >= 0.3 is 0 Å². The van der Waals surface area contributed by atoms with Crippen LogP contribution in [0.2, 0.25) is 0 Å². The first kappa shape index (κ1) is 16.7. The number of hydrogen-bond acceptors (Lipinski definition) is 4. The third-order valence-electron chi connectivity index (χ3n) is 5.51. The third-order valence-corrected chi connectivity index (χ3v) is 5.51. The van der Waals surface area contributed by atoms with Crippen LogP contribution in [0.4, 0.5) is 0 Å². The van der Waals surface area contributed by atoms with E-state index in [0.29, 0.717) is 6.04 Å². The largest absolute Gasteiger partial charge is 0.493 e. The maximum Gasteiger partial charge on any atom is 0.124 e. The summed E-state index contributed by atoms with van der Waals surface area (Å²) >= 11 is 0. The molecule has 1 fully saturated rings. The zero-order chi connectivity index (χ0) is 16.3. The van der Waals surface area contributed by atoms with Gasteiger partial charge in [0, 0.05) is 36.8 Å². The maximum atomic E-state index is 9.88. The number of rotatable bonds is 4.